The van der Waals surface area contributed by atoms with E-state index in [4.69, 9.17) is 4.74 Å². The number of rotatable bonds is 13. The van der Waals surface area contributed by atoms with Crippen LogP contribution < -0.4 is 14.5 Å². The number of fused-ring (bicyclic) bond motifs is 2. The molecule has 8 aromatic rings. The summed E-state index contributed by atoms with van der Waals surface area (Å²) >= 11 is 0. The zero-order chi connectivity index (χ0) is 48.6. The molecular formula is C53H54F2N10O3. The second-order valence-electron chi connectivity index (χ2n) is 16.8. The first-order chi connectivity index (χ1) is 32.6. The van der Waals surface area contributed by atoms with Crippen LogP contribution >= 0.6 is 0 Å². The van der Waals surface area contributed by atoms with Crippen LogP contribution in [0.2, 0.25) is 0 Å². The van der Waals surface area contributed by atoms with Crippen molar-refractivity contribution < 1.29 is 23.1 Å². The Kier molecular flexibility index (Phi) is 15.0. The summed E-state index contributed by atoms with van der Waals surface area (Å²) in [5, 5.41) is 1.88. The number of carbonyl (C=O) groups excluding carboxylic acids is 2. The van der Waals surface area contributed by atoms with E-state index in [1.165, 1.54) is 35.1 Å². The molecule has 2 amide bonds. The highest BCUT2D eigenvalue weighted by molar-refractivity contribution is 6.03. The first-order valence-electron chi connectivity index (χ1n) is 21.8. The minimum absolute atomic E-state index is 0.0496. The number of hydrogen-bond donors (Lipinski definition) is 2. The number of aromatic nitrogens is 6. The Hall–Kier alpha value is -7.88. The molecule has 348 valence electrons. The van der Waals surface area contributed by atoms with Crippen LogP contribution in [0.3, 0.4) is 0 Å². The first-order valence-corrected chi connectivity index (χ1v) is 21.8. The summed E-state index contributed by atoms with van der Waals surface area (Å²) in [6, 6.07) is 20.0. The fourth-order valence-corrected chi connectivity index (χ4v) is 7.51. The standard InChI is InChI=1S/C27H28FN5O2.C26H26FN5O/c1-17-11-18(8-9-29-17)22-16-31-27-21(22)12-20(15-30-27)19-13-23(26(28)24(14-19)35-5)33(4)25(34)7-6-10-32(2)3;1-17-12-19(9-10-28-17)22-16-30-26-21(22)13-20(15-29-26)18-7-8-23(27)24(14-18)32(4)25(33)6-5-11-31(2)3/h6-9,11-16H,10H2,1-5H3,(H,30,31);5-10,12-16H,11H2,1-4H3,(H,29,30)/b7-6+;6-5+. The van der Waals surface area contributed by atoms with Gasteiger partial charge in [-0.25, -0.2) is 18.7 Å². The van der Waals surface area contributed by atoms with Gasteiger partial charge in [-0.3, -0.25) is 19.6 Å². The largest absolute Gasteiger partial charge is 0.494 e. The van der Waals surface area contributed by atoms with Crippen LogP contribution in [0.1, 0.15) is 11.4 Å². The SMILES string of the molecule is COc1cc(-c2cnc3[nH]cc(-c4ccnc(C)c4)c3c2)cc(N(C)C(=O)/C=C/CN(C)C)c1F.Cc1cc(-c2c[nH]c3ncc(-c4ccc(F)c(N(C)C(=O)/C=C/CN(C)C)c4)cc23)ccn1. The van der Waals surface area contributed by atoms with Crippen molar-refractivity contribution in [1.82, 2.24) is 39.7 Å². The Labute approximate surface area is 394 Å². The average molecular weight is 917 g/mol. The van der Waals surface area contributed by atoms with Gasteiger partial charge in [-0.1, -0.05) is 18.2 Å². The van der Waals surface area contributed by atoms with E-state index in [1.807, 2.05) is 101 Å². The predicted molar refractivity (Wildman–Crippen MR) is 268 cm³/mol. The summed E-state index contributed by atoms with van der Waals surface area (Å²) in [6.45, 7) is 5.13. The van der Waals surface area contributed by atoms with Crippen molar-refractivity contribution in [2.24, 2.45) is 0 Å². The Morgan fingerprint density at radius 3 is 1.56 bits per heavy atom. The van der Waals surface area contributed by atoms with Gasteiger partial charge in [0.05, 0.1) is 18.5 Å². The van der Waals surface area contributed by atoms with Crippen LogP contribution in [0.4, 0.5) is 20.2 Å². The molecule has 0 atom stereocenters. The number of aryl methyl sites for hydroxylation is 2. The van der Waals surface area contributed by atoms with Crippen molar-refractivity contribution >= 4 is 45.3 Å². The summed E-state index contributed by atoms with van der Waals surface area (Å²) in [5.74, 6) is -1.63. The molecule has 0 aliphatic carbocycles. The van der Waals surface area contributed by atoms with Crippen molar-refractivity contribution in [3.05, 3.63) is 151 Å². The van der Waals surface area contributed by atoms with E-state index in [9.17, 15) is 14.0 Å². The minimum atomic E-state index is -0.600. The molecule has 68 heavy (non-hydrogen) atoms. The van der Waals surface area contributed by atoms with E-state index in [1.54, 1.807) is 75.3 Å². The number of methoxy groups -OCH3 is 1. The van der Waals surface area contributed by atoms with Gasteiger partial charge >= 0.3 is 0 Å². The summed E-state index contributed by atoms with van der Waals surface area (Å²) in [4.78, 5) is 55.8. The molecule has 0 bridgehead atoms. The molecule has 0 spiro atoms. The van der Waals surface area contributed by atoms with Crippen LogP contribution in [0, 0.1) is 25.5 Å². The molecule has 13 nitrogen and oxygen atoms in total. The van der Waals surface area contributed by atoms with Gasteiger partial charge < -0.3 is 34.3 Å². The lowest BCUT2D eigenvalue weighted by Crippen LogP contribution is -2.25. The monoisotopic (exact) mass is 916 g/mol. The van der Waals surface area contributed by atoms with Crippen LogP contribution in [0.15, 0.2) is 128 Å². The predicted octanol–water partition coefficient (Wildman–Crippen LogP) is 9.65. The fourth-order valence-electron chi connectivity index (χ4n) is 7.51. The van der Waals surface area contributed by atoms with Crippen molar-refractivity contribution in [3.8, 4) is 50.3 Å². The maximum Gasteiger partial charge on any atom is 0.250 e. The molecule has 15 heteroatoms. The summed E-state index contributed by atoms with van der Waals surface area (Å²) in [7, 11) is 12.2. The van der Waals surface area contributed by atoms with Crippen LogP contribution in [-0.2, 0) is 9.59 Å². The van der Waals surface area contributed by atoms with Gasteiger partial charge in [-0.2, -0.15) is 0 Å². The molecule has 0 radical (unpaired) electrons. The van der Waals surface area contributed by atoms with Gasteiger partial charge in [-0.15, -0.1) is 0 Å². The number of halogens is 2. The van der Waals surface area contributed by atoms with Gasteiger partial charge in [0.1, 0.15) is 17.1 Å². The zero-order valence-electron chi connectivity index (χ0n) is 39.6. The number of nitrogens with one attached hydrogen (secondary N) is 2. The molecular weight excluding hydrogens is 863 g/mol. The first kappa shape index (κ1) is 48.1. The van der Waals surface area contributed by atoms with Gasteiger partial charge in [-0.05, 0) is 125 Å². The maximum absolute atomic E-state index is 15.2. The third kappa shape index (κ3) is 11.0. The summed E-state index contributed by atoms with van der Waals surface area (Å²) in [5.41, 5.74) is 10.8. The number of carbonyl (C=O) groups is 2. The van der Waals surface area contributed by atoms with Crippen molar-refractivity contribution in [1.29, 1.82) is 0 Å². The van der Waals surface area contributed by atoms with Gasteiger partial charge in [0.25, 0.3) is 11.8 Å². The molecule has 0 aliphatic rings. The fraction of sp³-hybridized carbons (Fsp3) is 0.208. The second-order valence-corrected chi connectivity index (χ2v) is 16.8. The van der Waals surface area contributed by atoms with E-state index < -0.39 is 11.6 Å². The second kappa shape index (κ2) is 21.2. The smallest absolute Gasteiger partial charge is 0.250 e. The lowest BCUT2D eigenvalue weighted by Gasteiger charge is -2.19. The van der Waals surface area contributed by atoms with Crippen LogP contribution in [0.5, 0.6) is 5.75 Å². The third-order valence-corrected chi connectivity index (χ3v) is 11.2. The van der Waals surface area contributed by atoms with Crippen molar-refractivity contribution in [2.75, 3.05) is 72.3 Å². The molecule has 2 aromatic carbocycles. The van der Waals surface area contributed by atoms with Gasteiger partial charge in [0.2, 0.25) is 0 Å². The molecule has 0 aliphatic heterocycles. The summed E-state index contributed by atoms with van der Waals surface area (Å²) < 4.78 is 35.1. The number of anilines is 2. The van der Waals surface area contributed by atoms with E-state index in [2.05, 4.69) is 29.9 Å². The molecule has 0 saturated carbocycles. The number of H-pyrrole nitrogens is 2. The number of hydrogen-bond acceptors (Lipinski definition) is 9. The molecule has 6 heterocycles. The quantitative estimate of drug-likeness (QED) is 0.108. The van der Waals surface area contributed by atoms with E-state index in [0.717, 1.165) is 72.4 Å². The van der Waals surface area contributed by atoms with E-state index in [-0.39, 0.29) is 28.9 Å². The highest BCUT2D eigenvalue weighted by Gasteiger charge is 2.21. The topological polar surface area (TPSA) is 139 Å². The number of nitrogens with zero attached hydrogens (tertiary/aromatic N) is 8. The average Bonchev–Trinajstić information content (AvgIpc) is 3.95. The van der Waals surface area contributed by atoms with Gasteiger partial charge in [0, 0.05) is 121 Å². The van der Waals surface area contributed by atoms with E-state index >= 15 is 4.39 Å². The highest BCUT2D eigenvalue weighted by atomic mass is 19.1. The molecule has 0 unspecified atom stereocenters. The summed E-state index contributed by atoms with van der Waals surface area (Å²) in [6.07, 6.45) is 17.3. The van der Waals surface area contributed by atoms with E-state index in [0.29, 0.717) is 18.7 Å². The number of ether oxygens (including phenoxy) is 1. The Balaban J connectivity index is 0.000000202. The lowest BCUT2D eigenvalue weighted by atomic mass is 10.0. The molecule has 6 aromatic heterocycles. The normalized spacial score (nSPS) is 11.5. The third-order valence-electron chi connectivity index (χ3n) is 11.2. The zero-order valence-corrected chi connectivity index (χ0v) is 39.6. The van der Waals surface area contributed by atoms with Crippen LogP contribution in [0.25, 0.3) is 66.6 Å². The number of likely N-dealkylation sites (N-methyl/N-ethyl adjacent to an activating group) is 4. The lowest BCUT2D eigenvalue weighted by molar-refractivity contribution is -0.114. The van der Waals surface area contributed by atoms with Gasteiger partial charge in [0.15, 0.2) is 11.6 Å². The molecule has 2 N–H and O–H groups in total. The number of amides is 2. The highest BCUT2D eigenvalue weighted by Crippen LogP contribution is 2.37. The Bertz CT molecular complexity index is 3170. The number of benzene rings is 2. The molecule has 0 saturated heterocycles. The van der Waals surface area contributed by atoms with Crippen molar-refractivity contribution in [3.63, 3.8) is 0 Å². The number of pyridine rings is 4. The van der Waals surface area contributed by atoms with Crippen molar-refractivity contribution in [2.45, 2.75) is 13.8 Å². The van der Waals surface area contributed by atoms with Crippen LogP contribution in [-0.4, -0.2) is 114 Å². The Morgan fingerprint density at radius 1 is 0.588 bits per heavy atom. The molecule has 0 fully saturated rings. The molecule has 8 rings (SSSR count). The number of aromatic amines is 2. The Morgan fingerprint density at radius 2 is 1.07 bits per heavy atom. The minimum Gasteiger partial charge on any atom is -0.494 e. The maximum atomic E-state index is 15.2.